The molecule has 5 nitrogen and oxygen atoms in total. The zero-order chi connectivity index (χ0) is 19.6. The Bertz CT molecular complexity index is 836. The highest BCUT2D eigenvalue weighted by molar-refractivity contribution is 5.99. The van der Waals surface area contributed by atoms with Crippen LogP contribution in [0.2, 0.25) is 0 Å². The highest BCUT2D eigenvalue weighted by atomic mass is 16.1. The fourth-order valence-electron chi connectivity index (χ4n) is 4.14. The van der Waals surface area contributed by atoms with Crippen LogP contribution in [0, 0.1) is 20.8 Å². The molecule has 1 fully saturated rings. The van der Waals surface area contributed by atoms with Crippen molar-refractivity contribution in [1.82, 2.24) is 9.47 Å². The lowest BCUT2D eigenvalue weighted by molar-refractivity contribution is -0.119. The lowest BCUT2D eigenvalue weighted by Gasteiger charge is -2.34. The van der Waals surface area contributed by atoms with Crippen LogP contribution in [0.1, 0.15) is 53.0 Å². The summed E-state index contributed by atoms with van der Waals surface area (Å²) in [5.41, 5.74) is 10.4. The predicted molar refractivity (Wildman–Crippen MR) is 107 cm³/mol. The third-order valence-corrected chi connectivity index (χ3v) is 5.56. The molecule has 5 heteroatoms. The van der Waals surface area contributed by atoms with Crippen molar-refractivity contribution in [1.29, 1.82) is 0 Å². The Hall–Kier alpha value is -2.40. The van der Waals surface area contributed by atoms with Gasteiger partial charge < -0.3 is 10.3 Å². The summed E-state index contributed by atoms with van der Waals surface area (Å²) < 4.78 is 2.13. The van der Waals surface area contributed by atoms with Crippen LogP contribution in [0.3, 0.4) is 0 Å². The van der Waals surface area contributed by atoms with Gasteiger partial charge in [0.1, 0.15) is 0 Å². The van der Waals surface area contributed by atoms with Gasteiger partial charge >= 0.3 is 0 Å². The number of carbonyl (C=O) groups excluding carboxylic acids is 2. The van der Waals surface area contributed by atoms with E-state index in [2.05, 4.69) is 40.7 Å². The van der Waals surface area contributed by atoms with Crippen molar-refractivity contribution in [3.05, 3.63) is 52.8 Å². The number of amides is 1. The van der Waals surface area contributed by atoms with E-state index in [9.17, 15) is 9.59 Å². The van der Waals surface area contributed by atoms with E-state index in [1.165, 1.54) is 5.56 Å². The standard InChI is InChI=1S/C22H29N3O2/c1-15-7-9-18(10-8-15)25-16(2)12-20(17(25)3)21(26)14-24-11-5-4-6-19(24)13-22(23)27/h7-10,12,19H,4-6,11,13-14H2,1-3H3,(H2,23,27). The molecule has 0 saturated carbocycles. The Morgan fingerprint density at radius 1 is 1.11 bits per heavy atom. The first-order valence-electron chi connectivity index (χ1n) is 9.68. The monoisotopic (exact) mass is 367 g/mol. The van der Waals surface area contributed by atoms with E-state index in [1.807, 2.05) is 19.9 Å². The average Bonchev–Trinajstić information content (AvgIpc) is 2.92. The summed E-state index contributed by atoms with van der Waals surface area (Å²) in [4.78, 5) is 26.5. The van der Waals surface area contributed by atoms with Gasteiger partial charge in [-0.1, -0.05) is 24.1 Å². The minimum absolute atomic E-state index is 0.0841. The van der Waals surface area contributed by atoms with Gasteiger partial charge in [-0.3, -0.25) is 14.5 Å². The van der Waals surface area contributed by atoms with Crippen molar-refractivity contribution in [3.63, 3.8) is 0 Å². The molecule has 1 aromatic heterocycles. The number of hydrogen-bond acceptors (Lipinski definition) is 3. The molecule has 2 heterocycles. The molecule has 1 atom stereocenters. The number of primary amides is 1. The van der Waals surface area contributed by atoms with Gasteiger partial charge in [-0.2, -0.15) is 0 Å². The summed E-state index contributed by atoms with van der Waals surface area (Å²) in [5, 5.41) is 0. The van der Waals surface area contributed by atoms with Crippen LogP contribution in [0.4, 0.5) is 0 Å². The Morgan fingerprint density at radius 3 is 2.48 bits per heavy atom. The van der Waals surface area contributed by atoms with Crippen LogP contribution in [0.5, 0.6) is 0 Å². The van der Waals surface area contributed by atoms with Crippen molar-refractivity contribution in [2.75, 3.05) is 13.1 Å². The quantitative estimate of drug-likeness (QED) is 0.797. The van der Waals surface area contributed by atoms with Crippen molar-refractivity contribution >= 4 is 11.7 Å². The maximum atomic E-state index is 13.0. The van der Waals surface area contributed by atoms with Gasteiger partial charge in [0.15, 0.2) is 5.78 Å². The summed E-state index contributed by atoms with van der Waals surface area (Å²) in [7, 11) is 0. The molecule has 0 radical (unpaired) electrons. The number of aryl methyl sites for hydroxylation is 2. The molecular weight excluding hydrogens is 338 g/mol. The minimum atomic E-state index is -0.295. The Labute approximate surface area is 161 Å². The first-order valence-corrected chi connectivity index (χ1v) is 9.68. The largest absolute Gasteiger partial charge is 0.370 e. The van der Waals surface area contributed by atoms with Crippen molar-refractivity contribution in [2.45, 2.75) is 52.5 Å². The van der Waals surface area contributed by atoms with Gasteiger partial charge in [-0.25, -0.2) is 0 Å². The highest BCUT2D eigenvalue weighted by Gasteiger charge is 2.27. The normalized spacial score (nSPS) is 17.8. The lowest BCUT2D eigenvalue weighted by atomic mass is 9.98. The number of benzene rings is 1. The average molecular weight is 367 g/mol. The Morgan fingerprint density at radius 2 is 1.81 bits per heavy atom. The highest BCUT2D eigenvalue weighted by Crippen LogP contribution is 2.24. The molecule has 1 aliphatic heterocycles. The van der Waals surface area contributed by atoms with Gasteiger partial charge in [-0.15, -0.1) is 0 Å². The summed E-state index contributed by atoms with van der Waals surface area (Å²) in [5.74, 6) is -0.185. The van der Waals surface area contributed by atoms with Crippen molar-refractivity contribution < 1.29 is 9.59 Å². The van der Waals surface area contributed by atoms with Crippen LogP contribution >= 0.6 is 0 Å². The fourth-order valence-corrected chi connectivity index (χ4v) is 4.14. The third-order valence-electron chi connectivity index (χ3n) is 5.56. The fraction of sp³-hybridized carbons (Fsp3) is 0.455. The molecule has 0 aliphatic carbocycles. The van der Waals surface area contributed by atoms with Gasteiger partial charge in [0.2, 0.25) is 5.91 Å². The number of nitrogens with zero attached hydrogens (tertiary/aromatic N) is 2. The molecule has 27 heavy (non-hydrogen) atoms. The van der Waals surface area contributed by atoms with Crippen LogP contribution in [-0.4, -0.2) is 40.3 Å². The maximum Gasteiger partial charge on any atom is 0.218 e. The van der Waals surface area contributed by atoms with E-state index < -0.39 is 0 Å². The topological polar surface area (TPSA) is 68.3 Å². The predicted octanol–water partition coefficient (Wildman–Crippen LogP) is 3.32. The van der Waals surface area contributed by atoms with E-state index in [-0.39, 0.29) is 17.7 Å². The molecule has 1 amide bonds. The van der Waals surface area contributed by atoms with Crippen molar-refractivity contribution in [2.24, 2.45) is 5.73 Å². The Balaban J connectivity index is 1.81. The molecule has 0 bridgehead atoms. The molecule has 1 unspecified atom stereocenters. The smallest absolute Gasteiger partial charge is 0.218 e. The third kappa shape index (κ3) is 4.30. The van der Waals surface area contributed by atoms with Crippen molar-refractivity contribution in [3.8, 4) is 5.69 Å². The van der Waals surface area contributed by atoms with Crippen LogP contribution in [-0.2, 0) is 4.79 Å². The summed E-state index contributed by atoms with van der Waals surface area (Å²) in [6.07, 6.45) is 3.41. The second-order valence-corrected chi connectivity index (χ2v) is 7.67. The molecule has 1 aromatic carbocycles. The number of hydrogen-bond donors (Lipinski definition) is 1. The number of carbonyl (C=O) groups is 2. The molecule has 2 aromatic rings. The van der Waals surface area contributed by atoms with Crippen LogP contribution in [0.15, 0.2) is 30.3 Å². The van der Waals surface area contributed by atoms with E-state index in [0.717, 1.165) is 48.4 Å². The number of likely N-dealkylation sites (tertiary alicyclic amines) is 1. The van der Waals surface area contributed by atoms with E-state index in [1.54, 1.807) is 0 Å². The molecule has 2 N–H and O–H groups in total. The number of piperidine rings is 1. The van der Waals surface area contributed by atoms with E-state index in [0.29, 0.717) is 13.0 Å². The number of ketones is 1. The lowest BCUT2D eigenvalue weighted by Crippen LogP contribution is -2.44. The number of aromatic nitrogens is 1. The zero-order valence-corrected chi connectivity index (χ0v) is 16.5. The summed E-state index contributed by atoms with van der Waals surface area (Å²) in [6.45, 7) is 7.28. The SMILES string of the molecule is Cc1ccc(-n2c(C)cc(C(=O)CN3CCCCC3CC(N)=O)c2C)cc1. The first-order chi connectivity index (χ1) is 12.9. The van der Waals surface area contributed by atoms with Gasteiger partial charge in [-0.05, 0) is 58.4 Å². The van der Waals surface area contributed by atoms with Crippen LogP contribution < -0.4 is 5.73 Å². The van der Waals surface area contributed by atoms with Gasteiger partial charge in [0.05, 0.1) is 6.54 Å². The number of Topliss-reactive ketones (excluding diaryl/α,β-unsaturated/α-hetero) is 1. The van der Waals surface area contributed by atoms with Gasteiger partial charge in [0, 0.05) is 35.1 Å². The zero-order valence-electron chi connectivity index (χ0n) is 16.5. The maximum absolute atomic E-state index is 13.0. The second-order valence-electron chi connectivity index (χ2n) is 7.67. The first kappa shape index (κ1) is 19.4. The number of rotatable bonds is 6. The van der Waals surface area contributed by atoms with E-state index >= 15 is 0 Å². The molecular formula is C22H29N3O2. The molecule has 1 aliphatic rings. The molecule has 144 valence electrons. The summed E-state index contributed by atoms with van der Waals surface area (Å²) in [6, 6.07) is 10.4. The van der Waals surface area contributed by atoms with Gasteiger partial charge in [0.25, 0.3) is 0 Å². The minimum Gasteiger partial charge on any atom is -0.370 e. The molecule has 1 saturated heterocycles. The second kappa shape index (κ2) is 8.09. The molecule has 3 rings (SSSR count). The summed E-state index contributed by atoms with van der Waals surface area (Å²) >= 11 is 0. The Kier molecular flexibility index (Phi) is 5.80. The number of nitrogens with two attached hydrogens (primary N) is 1. The molecule has 0 spiro atoms. The van der Waals surface area contributed by atoms with E-state index in [4.69, 9.17) is 5.73 Å². The van der Waals surface area contributed by atoms with Crippen LogP contribution in [0.25, 0.3) is 5.69 Å².